The maximum atomic E-state index is 11.7. The van der Waals surface area contributed by atoms with Crippen molar-refractivity contribution < 1.29 is 14.3 Å². The van der Waals surface area contributed by atoms with Gasteiger partial charge in [0.25, 0.3) is 0 Å². The Morgan fingerprint density at radius 2 is 1.85 bits per heavy atom. The van der Waals surface area contributed by atoms with E-state index in [4.69, 9.17) is 14.6 Å². The Kier molecular flexibility index (Phi) is 4.85. The lowest BCUT2D eigenvalue weighted by atomic mass is 9.98. The van der Waals surface area contributed by atoms with Crippen molar-refractivity contribution in [3.63, 3.8) is 0 Å². The van der Waals surface area contributed by atoms with Gasteiger partial charge in [0.2, 0.25) is 0 Å². The van der Waals surface area contributed by atoms with E-state index in [-0.39, 0.29) is 11.3 Å². The second-order valence-electron chi connectivity index (χ2n) is 6.17. The fraction of sp³-hybridized carbons (Fsp3) is 0.250. The molecule has 0 spiro atoms. The fourth-order valence-electron chi connectivity index (χ4n) is 3.29. The highest BCUT2D eigenvalue weighted by molar-refractivity contribution is 8.14. The summed E-state index contributed by atoms with van der Waals surface area (Å²) in [7, 11) is 3.24. The van der Waals surface area contributed by atoms with Crippen molar-refractivity contribution in [2.45, 2.75) is 12.5 Å². The number of thioether (sulfide) groups is 1. The molecule has 1 amide bonds. The maximum absolute atomic E-state index is 11.7. The van der Waals surface area contributed by atoms with Gasteiger partial charge in [0, 0.05) is 6.42 Å². The minimum Gasteiger partial charge on any atom is -0.493 e. The molecular formula is C20H19N3O3S. The Morgan fingerprint density at radius 3 is 2.52 bits per heavy atom. The monoisotopic (exact) mass is 381 g/mol. The molecule has 0 aromatic heterocycles. The van der Waals surface area contributed by atoms with Gasteiger partial charge >= 0.3 is 5.24 Å². The third-order valence-electron chi connectivity index (χ3n) is 4.62. The van der Waals surface area contributed by atoms with Crippen molar-refractivity contribution >= 4 is 28.5 Å². The molecule has 2 aliphatic heterocycles. The first-order chi connectivity index (χ1) is 13.2. The van der Waals surface area contributed by atoms with Crippen LogP contribution < -0.4 is 9.47 Å². The molecule has 7 heteroatoms. The third kappa shape index (κ3) is 3.42. The predicted molar refractivity (Wildman–Crippen MR) is 107 cm³/mol. The molecule has 0 saturated carbocycles. The molecule has 1 atom stereocenters. The van der Waals surface area contributed by atoms with Crippen LogP contribution in [-0.4, -0.2) is 41.8 Å². The van der Waals surface area contributed by atoms with Crippen molar-refractivity contribution in [2.75, 3.05) is 20.0 Å². The smallest absolute Gasteiger partial charge is 0.307 e. The molecule has 2 aromatic rings. The molecule has 0 fully saturated rings. The molecule has 27 heavy (non-hydrogen) atoms. The molecule has 2 aromatic carbocycles. The normalized spacial score (nSPS) is 19.1. The molecule has 0 unspecified atom stereocenters. The van der Waals surface area contributed by atoms with Gasteiger partial charge < -0.3 is 9.47 Å². The summed E-state index contributed by atoms with van der Waals surface area (Å²) in [5, 5.41) is 6.52. The molecule has 138 valence electrons. The van der Waals surface area contributed by atoms with Crippen LogP contribution in [0.15, 0.2) is 58.6 Å². The number of methoxy groups -OCH3 is 2. The highest BCUT2D eigenvalue weighted by Gasteiger charge is 2.34. The van der Waals surface area contributed by atoms with Gasteiger partial charge in [0.05, 0.1) is 31.7 Å². The highest BCUT2D eigenvalue weighted by atomic mass is 32.2. The summed E-state index contributed by atoms with van der Waals surface area (Å²) in [6, 6.07) is 15.9. The zero-order valence-corrected chi connectivity index (χ0v) is 15.9. The molecular weight excluding hydrogens is 362 g/mol. The Balaban J connectivity index is 1.73. The molecule has 0 saturated heterocycles. The van der Waals surface area contributed by atoms with Crippen LogP contribution in [0.3, 0.4) is 0 Å². The van der Waals surface area contributed by atoms with Gasteiger partial charge in [-0.1, -0.05) is 48.2 Å². The average Bonchev–Trinajstić information content (AvgIpc) is 3.34. The Labute approximate surface area is 161 Å². The van der Waals surface area contributed by atoms with Crippen molar-refractivity contribution in [1.29, 1.82) is 0 Å². The zero-order valence-electron chi connectivity index (χ0n) is 15.1. The maximum Gasteiger partial charge on any atom is 0.307 e. The number of amides is 1. The number of carbonyl (C=O) groups is 1. The summed E-state index contributed by atoms with van der Waals surface area (Å²) < 4.78 is 10.8. The molecule has 0 bridgehead atoms. The number of amidine groups is 1. The van der Waals surface area contributed by atoms with E-state index < -0.39 is 0 Å². The van der Waals surface area contributed by atoms with E-state index in [1.807, 2.05) is 53.5 Å². The fourth-order valence-corrected chi connectivity index (χ4v) is 3.91. The van der Waals surface area contributed by atoms with E-state index in [1.54, 1.807) is 14.2 Å². The molecule has 2 heterocycles. The first-order valence-electron chi connectivity index (χ1n) is 8.58. The van der Waals surface area contributed by atoms with E-state index >= 15 is 0 Å². The topological polar surface area (TPSA) is 63.5 Å². The Bertz CT molecular complexity index is 927. The van der Waals surface area contributed by atoms with Crippen LogP contribution in [0.25, 0.3) is 0 Å². The number of rotatable bonds is 4. The van der Waals surface area contributed by atoms with Gasteiger partial charge in [0.15, 0.2) is 11.5 Å². The van der Waals surface area contributed by atoms with E-state index in [2.05, 4.69) is 4.99 Å². The lowest BCUT2D eigenvalue weighted by Crippen LogP contribution is -2.27. The van der Waals surface area contributed by atoms with Crippen LogP contribution >= 0.6 is 11.8 Å². The molecule has 0 aliphatic carbocycles. The third-order valence-corrected chi connectivity index (χ3v) is 5.36. The summed E-state index contributed by atoms with van der Waals surface area (Å²) in [5.74, 6) is 2.57. The van der Waals surface area contributed by atoms with E-state index in [9.17, 15) is 4.79 Å². The summed E-state index contributed by atoms with van der Waals surface area (Å²) in [6.07, 6.45) is 0.720. The minimum atomic E-state index is -0.167. The second-order valence-corrected chi connectivity index (χ2v) is 7.10. The van der Waals surface area contributed by atoms with Gasteiger partial charge in [-0.3, -0.25) is 4.79 Å². The Morgan fingerprint density at radius 1 is 1.07 bits per heavy atom. The number of hydrogen-bond donors (Lipinski definition) is 0. The van der Waals surface area contributed by atoms with Crippen molar-refractivity contribution in [1.82, 2.24) is 5.01 Å². The van der Waals surface area contributed by atoms with Crippen LogP contribution in [0.1, 0.15) is 23.6 Å². The molecule has 2 aliphatic rings. The molecule has 4 rings (SSSR count). The highest BCUT2D eigenvalue weighted by Crippen LogP contribution is 2.38. The van der Waals surface area contributed by atoms with Crippen LogP contribution in [0, 0.1) is 0 Å². The van der Waals surface area contributed by atoms with Gasteiger partial charge in [-0.15, -0.1) is 0 Å². The summed E-state index contributed by atoms with van der Waals surface area (Å²) >= 11 is 1.20. The van der Waals surface area contributed by atoms with Crippen molar-refractivity contribution in [2.24, 2.45) is 10.1 Å². The van der Waals surface area contributed by atoms with Gasteiger partial charge in [0.1, 0.15) is 5.84 Å². The Hall–Kier alpha value is -2.80. The van der Waals surface area contributed by atoms with Gasteiger partial charge in [-0.05, 0) is 23.3 Å². The van der Waals surface area contributed by atoms with Crippen LogP contribution in [0.2, 0.25) is 0 Å². The predicted octanol–water partition coefficient (Wildman–Crippen LogP) is 4.12. The summed E-state index contributed by atoms with van der Waals surface area (Å²) in [5.41, 5.74) is 3.08. The largest absolute Gasteiger partial charge is 0.493 e. The number of carbonyl (C=O) groups excluding carboxylic acids is 1. The first kappa shape index (κ1) is 17.6. The second kappa shape index (κ2) is 7.44. The van der Waals surface area contributed by atoms with Crippen LogP contribution in [0.5, 0.6) is 11.5 Å². The average molecular weight is 381 g/mol. The number of hydrazone groups is 1. The van der Waals surface area contributed by atoms with Gasteiger partial charge in [-0.2, -0.15) is 10.1 Å². The molecule has 0 N–H and O–H groups in total. The zero-order chi connectivity index (χ0) is 18.8. The number of hydrogen-bond acceptors (Lipinski definition) is 6. The van der Waals surface area contributed by atoms with E-state index in [1.165, 1.54) is 11.8 Å². The van der Waals surface area contributed by atoms with E-state index in [0.717, 1.165) is 23.3 Å². The number of benzene rings is 2. The summed E-state index contributed by atoms with van der Waals surface area (Å²) in [6.45, 7) is 0. The lowest BCUT2D eigenvalue weighted by molar-refractivity contribution is 0.267. The minimum absolute atomic E-state index is 0.0507. The van der Waals surface area contributed by atoms with Crippen LogP contribution in [-0.2, 0) is 0 Å². The van der Waals surface area contributed by atoms with Crippen LogP contribution in [0.4, 0.5) is 4.79 Å². The molecule has 0 radical (unpaired) electrons. The first-order valence-corrected chi connectivity index (χ1v) is 9.56. The quantitative estimate of drug-likeness (QED) is 0.797. The number of ether oxygens (including phenoxy) is 2. The van der Waals surface area contributed by atoms with E-state index in [0.29, 0.717) is 23.1 Å². The van der Waals surface area contributed by atoms with Gasteiger partial charge in [-0.25, -0.2) is 5.01 Å². The SMILES string of the molecule is COc1ccc([C@@H]2CC(c3ccccc3)=NN2C2=NC(=O)SC2)cc1OC. The van der Waals surface area contributed by atoms with Crippen molar-refractivity contribution in [3.8, 4) is 11.5 Å². The standard InChI is InChI=1S/C20H19N3O3S/c1-25-17-9-8-14(10-18(17)26-2)16-11-15(13-6-4-3-5-7-13)22-23(16)19-12-27-20(24)21-19/h3-10,16H,11-12H2,1-2H3/t16-/m0/s1. The molecule has 6 nitrogen and oxygen atoms in total. The number of nitrogens with zero attached hydrogens (tertiary/aromatic N) is 3. The lowest BCUT2D eigenvalue weighted by Gasteiger charge is -2.23. The number of aliphatic imine (C=N–C) groups is 1. The summed E-state index contributed by atoms with van der Waals surface area (Å²) in [4.78, 5) is 15.8. The van der Waals surface area contributed by atoms with Crippen molar-refractivity contribution in [3.05, 3.63) is 59.7 Å².